The second kappa shape index (κ2) is 7.26. The monoisotopic (exact) mass is 388 g/mol. The van der Waals surface area contributed by atoms with Gasteiger partial charge in [-0.25, -0.2) is 9.69 Å². The number of thioether (sulfide) groups is 1. The fraction of sp³-hybridized carbons (Fsp3) is 0.130. The summed E-state index contributed by atoms with van der Waals surface area (Å²) < 4.78 is 0. The van der Waals surface area contributed by atoms with Gasteiger partial charge in [-0.2, -0.15) is 4.99 Å². The van der Waals surface area contributed by atoms with Crippen LogP contribution in [0.5, 0.6) is 0 Å². The number of nitrogens with zero attached hydrogens (tertiary/aromatic N) is 1. The quantitative estimate of drug-likeness (QED) is 0.676. The van der Waals surface area contributed by atoms with Crippen molar-refractivity contribution in [3.05, 3.63) is 90.0 Å². The third kappa shape index (κ3) is 2.93. The van der Waals surface area contributed by atoms with Crippen molar-refractivity contribution >= 4 is 23.6 Å². The first-order valence-electron chi connectivity index (χ1n) is 9.11. The largest absolute Gasteiger partial charge is 0.356 e. The molecule has 0 aromatic heterocycles. The zero-order chi connectivity index (χ0) is 19.7. The lowest BCUT2D eigenvalue weighted by molar-refractivity contribution is -0.694. The normalized spacial score (nSPS) is 21.6. The summed E-state index contributed by atoms with van der Waals surface area (Å²) in [6, 6.07) is 26.1. The number of rotatable bonds is 4. The average Bonchev–Trinajstić information content (AvgIpc) is 2.99. The van der Waals surface area contributed by atoms with Crippen molar-refractivity contribution in [3.8, 4) is 11.1 Å². The van der Waals surface area contributed by atoms with Crippen molar-refractivity contribution in [3.63, 3.8) is 0 Å². The summed E-state index contributed by atoms with van der Waals surface area (Å²) in [6.45, 7) is 0. The van der Waals surface area contributed by atoms with Crippen LogP contribution >= 0.6 is 11.8 Å². The van der Waals surface area contributed by atoms with E-state index in [0.29, 0.717) is 10.9 Å². The molecular formula is C23H22N3OS+. The second-order valence-corrected chi connectivity index (χ2v) is 7.72. The summed E-state index contributed by atoms with van der Waals surface area (Å²) in [4.78, 5) is 19.8. The van der Waals surface area contributed by atoms with Gasteiger partial charge in [-0.15, -0.1) is 11.8 Å². The summed E-state index contributed by atoms with van der Waals surface area (Å²) in [5.74, 6) is 0.245. The predicted molar refractivity (Wildman–Crippen MR) is 114 cm³/mol. The molecule has 0 fully saturated rings. The molecule has 1 heterocycles. The standard InChI is InChI=1S/C23H21N3OS/c1-26-21(27)23(25-22(26)24,18-10-4-3-5-11-18)19-12-6-8-16(14-19)17-9-7-13-20(15-17)28-2/h3-15H,1-2H3,(H2,24,25)/p+1. The summed E-state index contributed by atoms with van der Waals surface area (Å²) >= 11 is 1.71. The van der Waals surface area contributed by atoms with E-state index < -0.39 is 5.54 Å². The van der Waals surface area contributed by atoms with Crippen molar-refractivity contribution in [2.45, 2.75) is 10.4 Å². The molecule has 5 heteroatoms. The zero-order valence-corrected chi connectivity index (χ0v) is 16.7. The van der Waals surface area contributed by atoms with Gasteiger partial charge >= 0.3 is 11.9 Å². The van der Waals surface area contributed by atoms with E-state index in [4.69, 9.17) is 10.7 Å². The topological polar surface area (TPSA) is 59.9 Å². The Morgan fingerprint density at radius 1 is 0.893 bits per heavy atom. The molecule has 1 aliphatic heterocycles. The number of benzene rings is 3. The number of amides is 1. The maximum atomic E-state index is 13.4. The molecule has 0 bridgehead atoms. The highest BCUT2D eigenvalue weighted by atomic mass is 32.2. The molecule has 3 aromatic carbocycles. The number of nitrogens with two attached hydrogens (primary N) is 1. The van der Waals surface area contributed by atoms with Crippen LogP contribution in [0.15, 0.2) is 88.8 Å². The molecule has 1 aliphatic rings. The van der Waals surface area contributed by atoms with Crippen LogP contribution in [0.25, 0.3) is 11.1 Å². The van der Waals surface area contributed by atoms with Gasteiger partial charge < -0.3 is 5.73 Å². The Kier molecular flexibility index (Phi) is 4.79. The van der Waals surface area contributed by atoms with E-state index in [2.05, 4.69) is 42.7 Å². The number of carbonyl (C=O) groups excluding carboxylic acids is 1. The third-order valence-corrected chi connectivity index (χ3v) is 5.94. The molecule has 0 spiro atoms. The van der Waals surface area contributed by atoms with E-state index in [1.165, 1.54) is 4.90 Å². The number of hydrogen-bond acceptors (Lipinski definition) is 4. The SMILES string of the molecule is CSc1cccc(-c2cccc(C3(c4ccccc4)N=C(N)[NH+](C)C3=O)c2)c1. The minimum atomic E-state index is -1.12. The number of likely N-dealkylation sites (N-methyl/N-ethyl adjacent to an activating group) is 1. The number of quaternary nitrogens is 1. The van der Waals surface area contributed by atoms with Crippen molar-refractivity contribution < 1.29 is 9.69 Å². The van der Waals surface area contributed by atoms with Crippen LogP contribution in [-0.4, -0.2) is 25.2 Å². The molecule has 28 heavy (non-hydrogen) atoms. The summed E-state index contributed by atoms with van der Waals surface area (Å²) in [7, 11) is 1.75. The van der Waals surface area contributed by atoms with Gasteiger partial charge in [0.05, 0.1) is 7.05 Å². The molecule has 2 atom stereocenters. The molecule has 0 saturated carbocycles. The van der Waals surface area contributed by atoms with Gasteiger partial charge in [0, 0.05) is 4.90 Å². The van der Waals surface area contributed by atoms with E-state index in [1.54, 1.807) is 18.8 Å². The van der Waals surface area contributed by atoms with E-state index in [0.717, 1.165) is 22.3 Å². The Balaban J connectivity index is 1.91. The number of guanidine groups is 1. The van der Waals surface area contributed by atoms with Gasteiger partial charge in [0.1, 0.15) is 0 Å². The Labute approximate surface area is 169 Å². The number of hydrogen-bond donors (Lipinski definition) is 2. The summed E-state index contributed by atoms with van der Waals surface area (Å²) in [6.07, 6.45) is 2.06. The molecule has 2 unspecified atom stereocenters. The molecule has 140 valence electrons. The minimum Gasteiger partial charge on any atom is -0.337 e. The van der Waals surface area contributed by atoms with Crippen molar-refractivity contribution in [2.75, 3.05) is 13.3 Å². The van der Waals surface area contributed by atoms with Crippen LogP contribution < -0.4 is 10.6 Å². The first-order chi connectivity index (χ1) is 13.6. The Morgan fingerprint density at radius 2 is 1.54 bits per heavy atom. The maximum Gasteiger partial charge on any atom is 0.356 e. The lowest BCUT2D eigenvalue weighted by atomic mass is 9.82. The molecule has 3 N–H and O–H groups in total. The highest BCUT2D eigenvalue weighted by molar-refractivity contribution is 7.98. The van der Waals surface area contributed by atoms with Crippen molar-refractivity contribution in [2.24, 2.45) is 10.7 Å². The van der Waals surface area contributed by atoms with E-state index in [1.807, 2.05) is 42.5 Å². The maximum absolute atomic E-state index is 13.4. The van der Waals surface area contributed by atoms with Gasteiger partial charge in [0.15, 0.2) is 0 Å². The highest BCUT2D eigenvalue weighted by Crippen LogP contribution is 2.37. The number of nitrogens with one attached hydrogen (secondary N) is 1. The molecule has 3 aromatic rings. The van der Waals surface area contributed by atoms with Gasteiger partial charge in [0.2, 0.25) is 5.54 Å². The average molecular weight is 389 g/mol. The van der Waals surface area contributed by atoms with Gasteiger partial charge in [-0.3, -0.25) is 0 Å². The van der Waals surface area contributed by atoms with Crippen LogP contribution in [0.1, 0.15) is 11.1 Å². The molecule has 0 radical (unpaired) electrons. The zero-order valence-electron chi connectivity index (χ0n) is 15.8. The Hall–Kier alpha value is -2.89. The first-order valence-corrected chi connectivity index (χ1v) is 10.3. The molecule has 0 saturated heterocycles. The van der Waals surface area contributed by atoms with Crippen LogP contribution in [-0.2, 0) is 10.3 Å². The summed E-state index contributed by atoms with van der Waals surface area (Å²) in [5.41, 5.74) is 8.79. The Bertz CT molecular complexity index is 1060. The fourth-order valence-corrected chi connectivity index (χ4v) is 4.13. The van der Waals surface area contributed by atoms with Crippen LogP contribution in [0.3, 0.4) is 0 Å². The number of carbonyl (C=O) groups is 1. The smallest absolute Gasteiger partial charge is 0.337 e. The van der Waals surface area contributed by atoms with Gasteiger partial charge in [-0.1, -0.05) is 60.7 Å². The minimum absolute atomic E-state index is 0.0637. The van der Waals surface area contributed by atoms with Gasteiger partial charge in [-0.05, 0) is 46.7 Å². The van der Waals surface area contributed by atoms with Gasteiger partial charge in [0.25, 0.3) is 0 Å². The molecular weight excluding hydrogens is 366 g/mol. The lowest BCUT2D eigenvalue weighted by Gasteiger charge is -2.23. The number of aliphatic imine (C=N–C) groups is 1. The van der Waals surface area contributed by atoms with Crippen LogP contribution in [0.2, 0.25) is 0 Å². The van der Waals surface area contributed by atoms with Crippen molar-refractivity contribution in [1.29, 1.82) is 0 Å². The Morgan fingerprint density at radius 3 is 2.18 bits per heavy atom. The van der Waals surface area contributed by atoms with Crippen LogP contribution in [0, 0.1) is 0 Å². The molecule has 1 amide bonds. The van der Waals surface area contributed by atoms with E-state index in [9.17, 15) is 4.79 Å². The highest BCUT2D eigenvalue weighted by Gasteiger charge is 2.54. The first kappa shape index (κ1) is 18.5. The van der Waals surface area contributed by atoms with E-state index >= 15 is 0 Å². The predicted octanol–water partition coefficient (Wildman–Crippen LogP) is 2.69. The summed E-state index contributed by atoms with van der Waals surface area (Å²) in [5, 5.41) is 0. The molecule has 0 aliphatic carbocycles. The third-order valence-electron chi connectivity index (χ3n) is 5.22. The second-order valence-electron chi connectivity index (χ2n) is 6.84. The van der Waals surface area contributed by atoms with Crippen LogP contribution in [0.4, 0.5) is 0 Å². The van der Waals surface area contributed by atoms with E-state index in [-0.39, 0.29) is 5.91 Å². The molecule has 4 nitrogen and oxygen atoms in total. The molecule has 4 rings (SSSR count). The lowest BCUT2D eigenvalue weighted by Crippen LogP contribution is -3.15. The fourth-order valence-electron chi connectivity index (χ4n) is 3.67. The van der Waals surface area contributed by atoms with Crippen molar-refractivity contribution in [1.82, 2.24) is 0 Å².